The van der Waals surface area contributed by atoms with Crippen LogP contribution in [0.3, 0.4) is 0 Å². The average Bonchev–Trinajstić information content (AvgIpc) is 3.25. The zero-order chi connectivity index (χ0) is 24.5. The largest absolute Gasteiger partial charge is 0.497 e. The van der Waals surface area contributed by atoms with Crippen LogP contribution in [-0.4, -0.2) is 31.0 Å². The maximum atomic E-state index is 13.6. The molecule has 5 rings (SSSR count). The summed E-state index contributed by atoms with van der Waals surface area (Å²) in [4.78, 5) is 31.8. The van der Waals surface area contributed by atoms with E-state index in [9.17, 15) is 9.59 Å². The summed E-state index contributed by atoms with van der Waals surface area (Å²) >= 11 is 1.45. The molecule has 0 unspecified atom stereocenters. The number of amides is 2. The van der Waals surface area contributed by atoms with Crippen molar-refractivity contribution in [3.8, 4) is 22.8 Å². The van der Waals surface area contributed by atoms with E-state index >= 15 is 0 Å². The molecule has 35 heavy (non-hydrogen) atoms. The fourth-order valence-electron chi connectivity index (χ4n) is 4.60. The molecule has 0 saturated carbocycles. The molecule has 2 heterocycles. The maximum Gasteiger partial charge on any atom is 0.257 e. The Labute approximate surface area is 206 Å². The first kappa shape index (κ1) is 22.9. The molecule has 1 aliphatic rings. The van der Waals surface area contributed by atoms with Crippen LogP contribution in [0.5, 0.6) is 11.5 Å². The first-order valence-corrected chi connectivity index (χ1v) is 12.2. The number of nitrogens with one attached hydrogen (secondary N) is 1. The Bertz CT molecular complexity index is 1460. The lowest BCUT2D eigenvalue weighted by Crippen LogP contribution is -2.19. The zero-order valence-corrected chi connectivity index (χ0v) is 20.3. The van der Waals surface area contributed by atoms with Gasteiger partial charge in [0.1, 0.15) is 16.5 Å². The van der Waals surface area contributed by atoms with Gasteiger partial charge in [-0.3, -0.25) is 9.59 Å². The molecule has 0 fully saturated rings. The molecule has 0 saturated heterocycles. The van der Waals surface area contributed by atoms with Crippen molar-refractivity contribution in [1.82, 2.24) is 4.98 Å². The highest BCUT2D eigenvalue weighted by molar-refractivity contribution is 7.17. The van der Waals surface area contributed by atoms with Gasteiger partial charge in [-0.2, -0.15) is 0 Å². The number of carbonyl (C=O) groups is 2. The van der Waals surface area contributed by atoms with E-state index in [1.807, 2.05) is 36.4 Å². The number of carbonyl (C=O) groups excluding carboxylic acids is 2. The van der Waals surface area contributed by atoms with Gasteiger partial charge in [0.2, 0.25) is 0 Å². The van der Waals surface area contributed by atoms with Crippen LogP contribution in [-0.2, 0) is 12.8 Å². The predicted octanol–water partition coefficient (Wildman–Crippen LogP) is 5.21. The van der Waals surface area contributed by atoms with Gasteiger partial charge >= 0.3 is 0 Å². The Morgan fingerprint density at radius 3 is 2.60 bits per heavy atom. The fraction of sp³-hybridized carbons (Fsp3) is 0.222. The van der Waals surface area contributed by atoms with Gasteiger partial charge in [-0.1, -0.05) is 18.2 Å². The molecule has 0 bridgehead atoms. The Kier molecular flexibility index (Phi) is 6.13. The van der Waals surface area contributed by atoms with Crippen molar-refractivity contribution in [2.45, 2.75) is 25.7 Å². The minimum Gasteiger partial charge on any atom is -0.497 e. The van der Waals surface area contributed by atoms with Gasteiger partial charge in [-0.25, -0.2) is 4.98 Å². The van der Waals surface area contributed by atoms with Crippen LogP contribution in [0.15, 0.2) is 48.5 Å². The topological polar surface area (TPSA) is 104 Å². The van der Waals surface area contributed by atoms with E-state index in [2.05, 4.69) is 5.32 Å². The third-order valence-electron chi connectivity index (χ3n) is 6.29. The van der Waals surface area contributed by atoms with Crippen LogP contribution in [0, 0.1) is 0 Å². The summed E-state index contributed by atoms with van der Waals surface area (Å²) < 4.78 is 10.9. The van der Waals surface area contributed by atoms with Gasteiger partial charge < -0.3 is 20.5 Å². The normalized spacial score (nSPS) is 12.7. The quantitative estimate of drug-likeness (QED) is 0.389. The summed E-state index contributed by atoms with van der Waals surface area (Å²) in [6.07, 6.45) is 3.79. The summed E-state index contributed by atoms with van der Waals surface area (Å²) in [5.74, 6) is 0.409. The second-order valence-corrected chi connectivity index (χ2v) is 9.48. The highest BCUT2D eigenvalue weighted by atomic mass is 32.1. The third-order valence-corrected chi connectivity index (χ3v) is 7.50. The number of nitrogens with zero attached hydrogens (tertiary/aromatic N) is 1. The van der Waals surface area contributed by atoms with E-state index in [4.69, 9.17) is 20.2 Å². The van der Waals surface area contributed by atoms with Gasteiger partial charge in [0.25, 0.3) is 11.8 Å². The molecule has 1 aliphatic carbocycles. The second-order valence-electron chi connectivity index (χ2n) is 8.37. The van der Waals surface area contributed by atoms with Gasteiger partial charge in [0.05, 0.1) is 36.6 Å². The minimum absolute atomic E-state index is 0.321. The Morgan fingerprint density at radius 2 is 1.83 bits per heavy atom. The van der Waals surface area contributed by atoms with E-state index in [1.54, 1.807) is 26.4 Å². The lowest BCUT2D eigenvalue weighted by Gasteiger charge is -2.13. The fourth-order valence-corrected chi connectivity index (χ4v) is 5.89. The van der Waals surface area contributed by atoms with Gasteiger partial charge in [0.15, 0.2) is 0 Å². The number of rotatable bonds is 6. The molecule has 2 aromatic heterocycles. The summed E-state index contributed by atoms with van der Waals surface area (Å²) in [5, 5.41) is 4.21. The number of nitrogens with two attached hydrogens (primary N) is 1. The molecule has 0 aliphatic heterocycles. The van der Waals surface area contributed by atoms with Crippen LogP contribution in [0.2, 0.25) is 0 Å². The molecular formula is C27H25N3O4S. The molecule has 3 N–H and O–H groups in total. The number of benzene rings is 2. The van der Waals surface area contributed by atoms with Crippen LogP contribution in [0.25, 0.3) is 22.2 Å². The van der Waals surface area contributed by atoms with Crippen molar-refractivity contribution in [2.75, 3.05) is 19.5 Å². The van der Waals surface area contributed by atoms with Crippen LogP contribution in [0.4, 0.5) is 5.00 Å². The SMILES string of the molecule is COc1ccc(-c2cc(C(=O)Nc3sc4c(c3C(N)=O)CCCC4)c3ccccc3n2)c(OC)c1. The maximum absolute atomic E-state index is 13.6. The number of hydrogen-bond acceptors (Lipinski definition) is 6. The third kappa shape index (κ3) is 4.21. The number of thiophene rings is 1. The number of primary amides is 1. The molecule has 178 valence electrons. The Hall–Kier alpha value is -3.91. The van der Waals surface area contributed by atoms with Gasteiger partial charge in [0, 0.05) is 21.9 Å². The van der Waals surface area contributed by atoms with E-state index < -0.39 is 5.91 Å². The number of pyridine rings is 1. The molecule has 8 heteroatoms. The predicted molar refractivity (Wildman–Crippen MR) is 138 cm³/mol. The molecule has 4 aromatic rings. The number of anilines is 1. The van der Waals surface area contributed by atoms with Gasteiger partial charge in [-0.15, -0.1) is 11.3 Å². The number of methoxy groups -OCH3 is 2. The smallest absolute Gasteiger partial charge is 0.257 e. The van der Waals surface area contributed by atoms with Crippen molar-refractivity contribution >= 4 is 39.1 Å². The molecule has 7 nitrogen and oxygen atoms in total. The highest BCUT2D eigenvalue weighted by Gasteiger charge is 2.26. The lowest BCUT2D eigenvalue weighted by atomic mass is 9.95. The first-order valence-electron chi connectivity index (χ1n) is 11.4. The van der Waals surface area contributed by atoms with Crippen molar-refractivity contribution in [2.24, 2.45) is 5.73 Å². The Balaban J connectivity index is 1.61. The monoisotopic (exact) mass is 487 g/mol. The summed E-state index contributed by atoms with van der Waals surface area (Å²) in [7, 11) is 3.17. The standard InChI is InChI=1S/C27H25N3O4S/c1-33-15-11-12-17(22(13-15)34-2)21-14-19(16-7-3-5-9-20(16)29-21)26(32)30-27-24(25(28)31)18-8-4-6-10-23(18)35-27/h3,5,7,9,11-14H,4,6,8,10H2,1-2H3,(H2,28,31)(H,30,32). The van der Waals surface area contributed by atoms with Crippen LogP contribution in [0.1, 0.15) is 44.0 Å². The van der Waals surface area contributed by atoms with Crippen molar-refractivity contribution in [1.29, 1.82) is 0 Å². The van der Waals surface area contributed by atoms with E-state index in [0.29, 0.717) is 44.2 Å². The average molecular weight is 488 g/mol. The molecule has 0 spiro atoms. The van der Waals surface area contributed by atoms with Crippen molar-refractivity contribution in [3.63, 3.8) is 0 Å². The van der Waals surface area contributed by atoms with Crippen LogP contribution >= 0.6 is 11.3 Å². The molecule has 0 atom stereocenters. The number of aromatic nitrogens is 1. The molecule has 2 amide bonds. The van der Waals surface area contributed by atoms with Crippen molar-refractivity contribution in [3.05, 3.63) is 70.1 Å². The highest BCUT2D eigenvalue weighted by Crippen LogP contribution is 2.39. The number of hydrogen-bond donors (Lipinski definition) is 2. The first-order chi connectivity index (χ1) is 17.0. The van der Waals surface area contributed by atoms with E-state index in [0.717, 1.165) is 41.7 Å². The molecule has 2 aromatic carbocycles. The Morgan fingerprint density at radius 1 is 1.03 bits per heavy atom. The number of para-hydroxylation sites is 1. The molecular weight excluding hydrogens is 462 g/mol. The number of aryl methyl sites for hydroxylation is 1. The zero-order valence-electron chi connectivity index (χ0n) is 19.5. The number of ether oxygens (including phenoxy) is 2. The number of fused-ring (bicyclic) bond motifs is 2. The lowest BCUT2D eigenvalue weighted by molar-refractivity contribution is 0.100. The summed E-state index contributed by atoms with van der Waals surface area (Å²) in [6.45, 7) is 0. The molecule has 0 radical (unpaired) electrons. The van der Waals surface area contributed by atoms with E-state index in [1.165, 1.54) is 11.3 Å². The van der Waals surface area contributed by atoms with E-state index in [-0.39, 0.29) is 5.91 Å². The van der Waals surface area contributed by atoms with Gasteiger partial charge in [-0.05, 0) is 55.5 Å². The second kappa shape index (κ2) is 9.38. The van der Waals surface area contributed by atoms with Crippen molar-refractivity contribution < 1.29 is 19.1 Å². The minimum atomic E-state index is -0.511. The summed E-state index contributed by atoms with van der Waals surface area (Å²) in [6, 6.07) is 14.7. The summed E-state index contributed by atoms with van der Waals surface area (Å²) in [5.41, 5.74) is 9.59. The van der Waals surface area contributed by atoms with Crippen LogP contribution < -0.4 is 20.5 Å².